The number of halogens is 2. The first-order valence-electron chi connectivity index (χ1n) is 12.1. The molecule has 222 valence electrons. The van der Waals surface area contributed by atoms with E-state index >= 15 is 0 Å². The number of carbonyl (C=O) groups excluding carboxylic acids is 2. The number of ether oxygens (including phenoxy) is 1. The predicted molar refractivity (Wildman–Crippen MR) is 140 cm³/mol. The largest absolute Gasteiger partial charge is 0.480 e. The number of alkyl halides is 2. The van der Waals surface area contributed by atoms with Crippen LogP contribution in [0.3, 0.4) is 0 Å². The van der Waals surface area contributed by atoms with E-state index in [-0.39, 0.29) is 49.2 Å². The molecule has 0 aliphatic heterocycles. The van der Waals surface area contributed by atoms with Crippen molar-refractivity contribution in [2.45, 2.75) is 46.5 Å². The van der Waals surface area contributed by atoms with Crippen molar-refractivity contribution in [1.82, 2.24) is 4.90 Å². The molecule has 0 radical (unpaired) electrons. The Morgan fingerprint density at radius 3 is 2.10 bits per heavy atom. The molecule has 0 saturated carbocycles. The third kappa shape index (κ3) is 13.0. The summed E-state index contributed by atoms with van der Waals surface area (Å²) in [6.07, 6.45) is 0.435. The molecule has 0 aliphatic rings. The molecule has 1 aromatic heterocycles. The van der Waals surface area contributed by atoms with E-state index in [2.05, 4.69) is 0 Å². The number of aliphatic hydroxyl groups is 1. The number of hydrogen-bond donors (Lipinski definition) is 5. The van der Waals surface area contributed by atoms with E-state index < -0.39 is 36.3 Å². The van der Waals surface area contributed by atoms with Crippen molar-refractivity contribution in [1.29, 1.82) is 5.41 Å². The Bertz CT molecular complexity index is 1130. The summed E-state index contributed by atoms with van der Waals surface area (Å²) in [5.41, 5.74) is 5.87. The number of nitrogens with one attached hydrogen (secondary N) is 1. The molecule has 0 aliphatic carbocycles. The van der Waals surface area contributed by atoms with Crippen LogP contribution in [0.15, 0.2) is 40.8 Å². The molecule has 1 heterocycles. The first-order chi connectivity index (χ1) is 18.6. The van der Waals surface area contributed by atoms with E-state index in [4.69, 9.17) is 35.6 Å². The SMILES string of the molecule is CC.CC(Cc1ccc(C(=O)Oc2ccc(C(=N)N)cc2)o1)C(=O)N(CCCO)CC(=O)O.CC(F)(F)C(=O)O. The number of rotatable bonds is 12. The molecule has 1 aromatic carbocycles. The lowest BCUT2D eigenvalue weighted by atomic mass is 10.0. The molecule has 1 unspecified atom stereocenters. The van der Waals surface area contributed by atoms with Gasteiger partial charge >= 0.3 is 23.8 Å². The van der Waals surface area contributed by atoms with Crippen LogP contribution in [-0.2, 0) is 20.8 Å². The number of benzene rings is 1. The van der Waals surface area contributed by atoms with Crippen LogP contribution in [0, 0.1) is 11.3 Å². The van der Waals surface area contributed by atoms with E-state index in [1.165, 1.54) is 23.1 Å². The first-order valence-corrected chi connectivity index (χ1v) is 12.1. The normalized spacial score (nSPS) is 11.1. The summed E-state index contributed by atoms with van der Waals surface area (Å²) >= 11 is 0. The van der Waals surface area contributed by atoms with Crippen molar-refractivity contribution in [2.75, 3.05) is 19.7 Å². The smallest absolute Gasteiger partial charge is 0.379 e. The van der Waals surface area contributed by atoms with Gasteiger partial charge in [0, 0.05) is 38.0 Å². The van der Waals surface area contributed by atoms with E-state index in [1.807, 2.05) is 13.8 Å². The Kier molecular flexibility index (Phi) is 15.4. The molecular weight excluding hydrogens is 536 g/mol. The van der Waals surface area contributed by atoms with Gasteiger partial charge in [-0.15, -0.1) is 0 Å². The summed E-state index contributed by atoms with van der Waals surface area (Å²) < 4.78 is 33.2. The van der Waals surface area contributed by atoms with Crippen LogP contribution in [-0.4, -0.2) is 75.5 Å². The Morgan fingerprint density at radius 2 is 1.65 bits per heavy atom. The van der Waals surface area contributed by atoms with Gasteiger partial charge < -0.3 is 35.1 Å². The highest BCUT2D eigenvalue weighted by atomic mass is 19.3. The molecule has 1 amide bonds. The first kappa shape index (κ1) is 35.7. The zero-order valence-electron chi connectivity index (χ0n) is 22.6. The van der Waals surface area contributed by atoms with Crippen molar-refractivity contribution in [3.8, 4) is 5.75 Å². The maximum Gasteiger partial charge on any atom is 0.379 e. The number of amidine groups is 1. The molecule has 2 aromatic rings. The van der Waals surface area contributed by atoms with Gasteiger partial charge in [0.15, 0.2) is 0 Å². The van der Waals surface area contributed by atoms with Crippen molar-refractivity contribution in [3.05, 3.63) is 53.5 Å². The van der Waals surface area contributed by atoms with Gasteiger partial charge in [-0.1, -0.05) is 20.8 Å². The minimum Gasteiger partial charge on any atom is -0.480 e. The van der Waals surface area contributed by atoms with Gasteiger partial charge in [-0.05, 0) is 42.8 Å². The number of carboxylic acid groups (broad SMARTS) is 2. The van der Waals surface area contributed by atoms with Gasteiger partial charge in [-0.3, -0.25) is 15.0 Å². The molecule has 12 nitrogen and oxygen atoms in total. The predicted octanol–water partition coefficient (Wildman–Crippen LogP) is 3.01. The van der Waals surface area contributed by atoms with Crippen LogP contribution in [0.4, 0.5) is 8.78 Å². The summed E-state index contributed by atoms with van der Waals surface area (Å²) in [5.74, 6) is -8.04. The van der Waals surface area contributed by atoms with Crippen molar-refractivity contribution in [3.63, 3.8) is 0 Å². The van der Waals surface area contributed by atoms with Crippen LogP contribution >= 0.6 is 0 Å². The summed E-state index contributed by atoms with van der Waals surface area (Å²) in [6.45, 7) is 5.48. The monoisotopic (exact) mass is 571 g/mol. The van der Waals surface area contributed by atoms with Crippen LogP contribution < -0.4 is 10.5 Å². The van der Waals surface area contributed by atoms with Gasteiger partial charge in [0.05, 0.1) is 0 Å². The highest BCUT2D eigenvalue weighted by Crippen LogP contribution is 2.18. The third-order valence-corrected chi connectivity index (χ3v) is 4.77. The zero-order chi connectivity index (χ0) is 31.0. The van der Waals surface area contributed by atoms with Gasteiger partial charge in [-0.2, -0.15) is 8.78 Å². The van der Waals surface area contributed by atoms with Gasteiger partial charge in [0.1, 0.15) is 23.9 Å². The highest BCUT2D eigenvalue weighted by molar-refractivity contribution is 5.95. The summed E-state index contributed by atoms with van der Waals surface area (Å²) in [5, 5.41) is 32.8. The fourth-order valence-electron chi connectivity index (χ4n) is 2.85. The van der Waals surface area contributed by atoms with Crippen molar-refractivity contribution < 1.29 is 52.4 Å². The number of carbonyl (C=O) groups is 4. The lowest BCUT2D eigenvalue weighted by molar-refractivity contribution is -0.162. The molecule has 6 N–H and O–H groups in total. The van der Waals surface area contributed by atoms with Crippen molar-refractivity contribution in [2.24, 2.45) is 11.7 Å². The number of carboxylic acids is 2. The number of aliphatic hydroxyl groups excluding tert-OH is 1. The van der Waals surface area contributed by atoms with Crippen LogP contribution in [0.25, 0.3) is 0 Å². The Labute approximate surface area is 229 Å². The molecule has 14 heteroatoms. The quantitative estimate of drug-likeness (QED) is 0.109. The average molecular weight is 572 g/mol. The Balaban J connectivity index is 0.00000147. The van der Waals surface area contributed by atoms with E-state index in [1.54, 1.807) is 25.1 Å². The van der Waals surface area contributed by atoms with E-state index in [0.717, 1.165) is 0 Å². The Hall–Kier alpha value is -4.33. The summed E-state index contributed by atoms with van der Waals surface area (Å²) in [7, 11) is 0. The fraction of sp³-hybridized carbons (Fsp3) is 0.423. The molecule has 0 fully saturated rings. The highest BCUT2D eigenvalue weighted by Gasteiger charge is 2.31. The maximum atomic E-state index is 12.6. The summed E-state index contributed by atoms with van der Waals surface area (Å²) in [6, 6.07) is 9.08. The zero-order valence-corrected chi connectivity index (χ0v) is 22.6. The Morgan fingerprint density at radius 1 is 1.10 bits per heavy atom. The molecule has 40 heavy (non-hydrogen) atoms. The van der Waals surface area contributed by atoms with Crippen LogP contribution in [0.2, 0.25) is 0 Å². The number of nitrogen functional groups attached to an aromatic ring is 1. The lowest BCUT2D eigenvalue weighted by Gasteiger charge is -2.23. The second kappa shape index (κ2) is 17.3. The number of aliphatic carboxylic acids is 2. The number of nitrogens with zero attached hydrogens (tertiary/aromatic N) is 1. The number of furan rings is 1. The number of amides is 1. The second-order valence-corrected chi connectivity index (χ2v) is 8.12. The molecule has 0 spiro atoms. The minimum atomic E-state index is -3.58. The van der Waals surface area contributed by atoms with Gasteiger partial charge in [0.2, 0.25) is 11.7 Å². The average Bonchev–Trinajstić information content (AvgIpc) is 3.35. The van der Waals surface area contributed by atoms with Crippen LogP contribution in [0.1, 0.15) is 56.0 Å². The van der Waals surface area contributed by atoms with E-state index in [9.17, 15) is 28.0 Å². The molecular formula is C26H35F2N3O9. The molecule has 0 saturated heterocycles. The third-order valence-electron chi connectivity index (χ3n) is 4.77. The molecule has 1 atom stereocenters. The standard InChI is InChI=1S/C21H25N3O7.C3H4F2O2.C2H6/c1-13(20(28)24(9-2-10-25)12-18(26)27)11-16-7-8-17(30-16)21(29)31-15-5-3-14(4-6-15)19(22)23;1-3(4,5)2(6)7;1-2/h3-8,13,25H,2,9-12H2,1H3,(H3,22,23)(H,26,27);1H3,(H,6,7);1-2H3. The number of nitrogens with two attached hydrogens (primary N) is 1. The fourth-order valence-corrected chi connectivity index (χ4v) is 2.85. The molecule has 0 bridgehead atoms. The van der Waals surface area contributed by atoms with Gasteiger partial charge in [0.25, 0.3) is 0 Å². The topological polar surface area (TPSA) is 204 Å². The second-order valence-electron chi connectivity index (χ2n) is 8.12. The van der Waals surface area contributed by atoms with E-state index in [0.29, 0.717) is 18.2 Å². The van der Waals surface area contributed by atoms with Crippen molar-refractivity contribution >= 4 is 29.7 Å². The maximum absolute atomic E-state index is 12.6. The minimum absolute atomic E-state index is 0.0482. The molecule has 2 rings (SSSR count). The van der Waals surface area contributed by atoms with Crippen LogP contribution in [0.5, 0.6) is 5.75 Å². The lowest BCUT2D eigenvalue weighted by Crippen LogP contribution is -2.40. The number of esters is 1. The number of hydrogen-bond acceptors (Lipinski definition) is 8. The summed E-state index contributed by atoms with van der Waals surface area (Å²) in [4.78, 5) is 46.3. The van der Waals surface area contributed by atoms with Gasteiger partial charge in [-0.25, -0.2) is 9.59 Å².